The van der Waals surface area contributed by atoms with Gasteiger partial charge in [0.2, 0.25) is 5.88 Å². The number of hydrogen-bond acceptors (Lipinski definition) is 4. The number of amides is 1. The van der Waals surface area contributed by atoms with Crippen molar-refractivity contribution in [2.45, 2.75) is 51.5 Å². The topological polar surface area (TPSA) is 65.4 Å². The fraction of sp³-hybridized carbons (Fsp3) is 0.391. The summed E-state index contributed by atoms with van der Waals surface area (Å²) in [6.45, 7) is 4.70. The number of benzene rings is 2. The lowest BCUT2D eigenvalue weighted by Crippen LogP contribution is -2.47. The van der Waals surface area contributed by atoms with Crippen LogP contribution in [0.4, 0.5) is 0 Å². The van der Waals surface area contributed by atoms with Crippen LogP contribution in [0.15, 0.2) is 48.5 Å². The molecule has 6 heteroatoms. The van der Waals surface area contributed by atoms with Crippen LogP contribution < -0.4 is 10.1 Å². The van der Waals surface area contributed by atoms with Crippen LogP contribution >= 0.6 is 0 Å². The minimum atomic E-state index is -1.02. The predicted octanol–water partition coefficient (Wildman–Crippen LogP) is 3.67. The zero-order valence-corrected chi connectivity index (χ0v) is 17.1. The minimum Gasteiger partial charge on any atom is -0.460 e. The molecule has 1 fully saturated rings. The molecule has 1 aromatic heterocycles. The summed E-state index contributed by atoms with van der Waals surface area (Å²) in [6, 6.07) is 16.5. The number of fused-ring (bicyclic) bond motifs is 1. The summed E-state index contributed by atoms with van der Waals surface area (Å²) in [6.07, 6.45) is 2.08. The van der Waals surface area contributed by atoms with Crippen LogP contribution in [0.1, 0.15) is 37.8 Å². The molecule has 152 valence electrons. The number of aromatic nitrogens is 2. The van der Waals surface area contributed by atoms with E-state index in [1.165, 1.54) is 0 Å². The summed E-state index contributed by atoms with van der Waals surface area (Å²) in [7, 11) is 1.67. The third kappa shape index (κ3) is 4.43. The van der Waals surface area contributed by atoms with Crippen LogP contribution in [-0.2, 0) is 22.7 Å². The number of nitrogens with zero attached hydrogens (tertiary/aromatic N) is 2. The standard InChI is InChI=1S/C23H27N3O3/c1-23(2,22(27)24-18-10-11-18)29-21-19-13-17(15-28-3)9-12-20(19)26(25-21)14-16-7-5-4-6-8-16/h4-9,12-13,18H,10-11,14-15H2,1-3H3,(H,24,27). The Balaban J connectivity index is 1.68. The molecule has 0 spiro atoms. The molecule has 1 aliphatic carbocycles. The Hall–Kier alpha value is -2.86. The van der Waals surface area contributed by atoms with Gasteiger partial charge in [-0.25, -0.2) is 0 Å². The number of rotatable bonds is 8. The largest absolute Gasteiger partial charge is 0.460 e. The Kier molecular flexibility index (Phi) is 5.28. The Labute approximate surface area is 170 Å². The van der Waals surface area contributed by atoms with Crippen molar-refractivity contribution in [2.75, 3.05) is 7.11 Å². The molecule has 0 unspecified atom stereocenters. The number of methoxy groups -OCH3 is 1. The van der Waals surface area contributed by atoms with Crippen molar-refractivity contribution in [2.24, 2.45) is 0 Å². The SMILES string of the molecule is COCc1ccc2c(c1)c(OC(C)(C)C(=O)NC1CC1)nn2Cc1ccccc1. The maximum Gasteiger partial charge on any atom is 0.263 e. The average Bonchev–Trinajstić information content (AvgIpc) is 3.46. The molecule has 0 aliphatic heterocycles. The smallest absolute Gasteiger partial charge is 0.263 e. The van der Waals surface area contributed by atoms with Crippen LogP contribution in [0.2, 0.25) is 0 Å². The molecule has 1 N–H and O–H groups in total. The predicted molar refractivity (Wildman–Crippen MR) is 112 cm³/mol. The second-order valence-electron chi connectivity index (χ2n) is 8.09. The van der Waals surface area contributed by atoms with Gasteiger partial charge in [0.15, 0.2) is 5.60 Å². The molecule has 4 rings (SSSR count). The molecule has 0 radical (unpaired) electrons. The zero-order valence-electron chi connectivity index (χ0n) is 17.1. The van der Waals surface area contributed by atoms with E-state index in [9.17, 15) is 4.79 Å². The fourth-order valence-electron chi connectivity index (χ4n) is 3.28. The van der Waals surface area contributed by atoms with Crippen molar-refractivity contribution in [1.82, 2.24) is 15.1 Å². The van der Waals surface area contributed by atoms with Gasteiger partial charge in [0.05, 0.1) is 24.1 Å². The lowest BCUT2D eigenvalue weighted by molar-refractivity contribution is -0.134. The van der Waals surface area contributed by atoms with Crippen molar-refractivity contribution in [3.05, 3.63) is 59.7 Å². The highest BCUT2D eigenvalue weighted by Crippen LogP contribution is 2.30. The van der Waals surface area contributed by atoms with Gasteiger partial charge in [-0.05, 0) is 49.9 Å². The van der Waals surface area contributed by atoms with Crippen LogP contribution in [0.5, 0.6) is 5.88 Å². The Bertz CT molecular complexity index is 1010. The van der Waals surface area contributed by atoms with E-state index in [1.807, 2.05) is 41.1 Å². The molecule has 1 aliphatic rings. The van der Waals surface area contributed by atoms with Gasteiger partial charge in [-0.1, -0.05) is 36.4 Å². The molecule has 0 bridgehead atoms. The van der Waals surface area contributed by atoms with Gasteiger partial charge in [0.1, 0.15) is 0 Å². The Morgan fingerprint density at radius 2 is 1.93 bits per heavy atom. The zero-order chi connectivity index (χ0) is 20.4. The Morgan fingerprint density at radius 1 is 1.17 bits per heavy atom. The van der Waals surface area contributed by atoms with Crippen LogP contribution in [0.3, 0.4) is 0 Å². The van der Waals surface area contributed by atoms with Gasteiger partial charge in [-0.3, -0.25) is 9.48 Å². The lowest BCUT2D eigenvalue weighted by Gasteiger charge is -2.24. The first-order chi connectivity index (χ1) is 14.0. The van der Waals surface area contributed by atoms with Gasteiger partial charge in [0.25, 0.3) is 5.91 Å². The molecular formula is C23H27N3O3. The minimum absolute atomic E-state index is 0.112. The van der Waals surface area contributed by atoms with Gasteiger partial charge >= 0.3 is 0 Å². The third-order valence-electron chi connectivity index (χ3n) is 5.08. The van der Waals surface area contributed by atoms with Crippen molar-refractivity contribution in [3.63, 3.8) is 0 Å². The number of hydrogen-bond donors (Lipinski definition) is 1. The van der Waals surface area contributed by atoms with E-state index in [0.29, 0.717) is 19.0 Å². The summed E-state index contributed by atoms with van der Waals surface area (Å²) in [5.41, 5.74) is 2.13. The van der Waals surface area contributed by atoms with Gasteiger partial charge in [0, 0.05) is 13.2 Å². The molecule has 2 aromatic carbocycles. The first kappa shape index (κ1) is 19.5. The first-order valence-corrected chi connectivity index (χ1v) is 9.98. The monoisotopic (exact) mass is 393 g/mol. The molecular weight excluding hydrogens is 366 g/mol. The number of ether oxygens (including phenoxy) is 2. The molecule has 1 amide bonds. The molecule has 29 heavy (non-hydrogen) atoms. The van der Waals surface area contributed by atoms with Crippen molar-refractivity contribution < 1.29 is 14.3 Å². The maximum absolute atomic E-state index is 12.6. The van der Waals surface area contributed by atoms with Crippen molar-refractivity contribution in [1.29, 1.82) is 0 Å². The van der Waals surface area contributed by atoms with Crippen LogP contribution in [0.25, 0.3) is 10.9 Å². The second kappa shape index (κ2) is 7.87. The summed E-state index contributed by atoms with van der Waals surface area (Å²) < 4.78 is 13.4. The quantitative estimate of drug-likeness (QED) is 0.634. The van der Waals surface area contributed by atoms with Crippen LogP contribution in [0, 0.1) is 0 Å². The number of nitrogens with one attached hydrogen (secondary N) is 1. The summed E-state index contributed by atoms with van der Waals surface area (Å²) in [4.78, 5) is 12.6. The summed E-state index contributed by atoms with van der Waals surface area (Å²) in [5.74, 6) is 0.351. The highest BCUT2D eigenvalue weighted by Gasteiger charge is 2.35. The van der Waals surface area contributed by atoms with E-state index in [1.54, 1.807) is 21.0 Å². The molecule has 0 saturated heterocycles. The van der Waals surface area contributed by atoms with E-state index >= 15 is 0 Å². The van der Waals surface area contributed by atoms with Crippen LogP contribution in [-0.4, -0.2) is 34.4 Å². The average molecular weight is 393 g/mol. The molecule has 1 heterocycles. The van der Waals surface area contributed by atoms with E-state index in [4.69, 9.17) is 14.6 Å². The lowest BCUT2D eigenvalue weighted by atomic mass is 10.1. The number of carbonyl (C=O) groups is 1. The molecule has 3 aromatic rings. The van der Waals surface area contributed by atoms with E-state index in [-0.39, 0.29) is 11.9 Å². The van der Waals surface area contributed by atoms with E-state index in [2.05, 4.69) is 17.4 Å². The van der Waals surface area contributed by atoms with E-state index < -0.39 is 5.60 Å². The fourth-order valence-corrected chi connectivity index (χ4v) is 3.28. The summed E-state index contributed by atoms with van der Waals surface area (Å²) in [5, 5.41) is 8.62. The highest BCUT2D eigenvalue weighted by atomic mass is 16.5. The normalized spacial score (nSPS) is 14.2. The Morgan fingerprint density at radius 3 is 2.62 bits per heavy atom. The number of carbonyl (C=O) groups excluding carboxylic acids is 1. The van der Waals surface area contributed by atoms with Crippen molar-refractivity contribution >= 4 is 16.8 Å². The summed E-state index contributed by atoms with van der Waals surface area (Å²) >= 11 is 0. The highest BCUT2D eigenvalue weighted by molar-refractivity contribution is 5.88. The molecule has 0 atom stereocenters. The van der Waals surface area contributed by atoms with E-state index in [0.717, 1.165) is 34.9 Å². The third-order valence-corrected chi connectivity index (χ3v) is 5.08. The molecule has 1 saturated carbocycles. The van der Waals surface area contributed by atoms with Gasteiger partial charge in [-0.2, -0.15) is 0 Å². The van der Waals surface area contributed by atoms with Gasteiger partial charge in [-0.15, -0.1) is 5.10 Å². The first-order valence-electron chi connectivity index (χ1n) is 9.98. The second-order valence-corrected chi connectivity index (χ2v) is 8.09. The molecule has 6 nitrogen and oxygen atoms in total. The van der Waals surface area contributed by atoms with Crippen molar-refractivity contribution in [3.8, 4) is 5.88 Å². The van der Waals surface area contributed by atoms with Gasteiger partial charge < -0.3 is 14.8 Å². The maximum atomic E-state index is 12.6.